The quantitative estimate of drug-likeness (QED) is 0.286. The van der Waals surface area contributed by atoms with E-state index in [1.165, 1.54) is 11.4 Å². The van der Waals surface area contributed by atoms with E-state index >= 15 is 0 Å². The Morgan fingerprint density at radius 2 is 1.89 bits per heavy atom. The largest absolute Gasteiger partial charge is 0.460 e. The Bertz CT molecular complexity index is 1470. The van der Waals surface area contributed by atoms with Crippen molar-refractivity contribution in [1.82, 2.24) is 5.16 Å². The van der Waals surface area contributed by atoms with Crippen LogP contribution in [0.1, 0.15) is 59.6 Å². The Morgan fingerprint density at radius 3 is 2.51 bits per heavy atom. The summed E-state index contributed by atoms with van der Waals surface area (Å²) in [6.07, 6.45) is -0.311. The van der Waals surface area contributed by atoms with Gasteiger partial charge in [-0.1, -0.05) is 16.8 Å². The molecule has 0 saturated carbocycles. The minimum Gasteiger partial charge on any atom is -0.460 e. The molecule has 0 spiro atoms. The highest BCUT2D eigenvalue weighted by Gasteiger charge is 2.35. The Balaban J connectivity index is 1.73. The second kappa shape index (κ2) is 9.99. The van der Waals surface area contributed by atoms with Crippen molar-refractivity contribution in [1.29, 1.82) is 0 Å². The maximum absolute atomic E-state index is 13.9. The third-order valence-electron chi connectivity index (χ3n) is 5.40. The van der Waals surface area contributed by atoms with Crippen LogP contribution in [0.15, 0.2) is 33.0 Å². The van der Waals surface area contributed by atoms with E-state index in [2.05, 4.69) is 9.88 Å². The summed E-state index contributed by atoms with van der Waals surface area (Å²) in [5.41, 5.74) is 0.703. The number of nitrogens with one attached hydrogen (secondary N) is 1. The van der Waals surface area contributed by atoms with Crippen LogP contribution in [0.2, 0.25) is 5.02 Å². The van der Waals surface area contributed by atoms with Crippen LogP contribution in [0, 0.1) is 13.8 Å². The molecule has 13 heteroatoms. The molecule has 1 N–H and O–H groups in total. The predicted molar refractivity (Wildman–Crippen MR) is 136 cm³/mol. The zero-order valence-corrected chi connectivity index (χ0v) is 23.1. The third-order valence-corrected chi connectivity index (χ3v) is 8.28. The fraction of sp³-hybridized carbons (Fsp3) is 0.375. The van der Waals surface area contributed by atoms with Gasteiger partial charge < -0.3 is 18.7 Å². The number of thiophene rings is 1. The van der Waals surface area contributed by atoms with Crippen molar-refractivity contribution in [3.8, 4) is 11.5 Å². The number of anilines is 1. The first-order chi connectivity index (χ1) is 17.3. The van der Waals surface area contributed by atoms with E-state index in [0.29, 0.717) is 28.3 Å². The number of hydrogen-bond acceptors (Lipinski definition) is 10. The highest BCUT2D eigenvalue weighted by atomic mass is 35.5. The van der Waals surface area contributed by atoms with E-state index in [1.807, 2.05) is 0 Å². The average molecular weight is 569 g/mol. The molecule has 1 aliphatic heterocycles. The molecule has 4 rings (SSSR count). The predicted octanol–water partition coefficient (Wildman–Crippen LogP) is 5.23. The molecule has 1 unspecified atom stereocenters. The van der Waals surface area contributed by atoms with Gasteiger partial charge >= 0.3 is 5.97 Å². The molecule has 3 aromatic rings. The van der Waals surface area contributed by atoms with E-state index in [0.717, 1.165) is 11.3 Å². The van der Waals surface area contributed by atoms with Crippen molar-refractivity contribution in [3.63, 3.8) is 0 Å². The lowest BCUT2D eigenvalue weighted by molar-refractivity contribution is -0.155. The molecule has 1 aromatic carbocycles. The summed E-state index contributed by atoms with van der Waals surface area (Å²) >= 11 is 7.00. The second-order valence-electron chi connectivity index (χ2n) is 9.40. The van der Waals surface area contributed by atoms with Crippen LogP contribution in [-0.4, -0.2) is 37.7 Å². The van der Waals surface area contributed by atoms with Crippen molar-refractivity contribution in [3.05, 3.63) is 50.3 Å². The van der Waals surface area contributed by atoms with Gasteiger partial charge in [0.15, 0.2) is 17.3 Å². The molecular weight excluding hydrogens is 544 g/mol. The van der Waals surface area contributed by atoms with Gasteiger partial charge in [0, 0.05) is 0 Å². The van der Waals surface area contributed by atoms with Crippen molar-refractivity contribution in [2.24, 2.45) is 0 Å². The van der Waals surface area contributed by atoms with E-state index in [-0.39, 0.29) is 33.9 Å². The number of rotatable bonds is 8. The van der Waals surface area contributed by atoms with Gasteiger partial charge in [0.1, 0.15) is 21.2 Å². The smallest absolute Gasteiger partial charge is 0.307 e. The van der Waals surface area contributed by atoms with Gasteiger partial charge in [0.05, 0.1) is 17.2 Å². The Labute approximate surface area is 222 Å². The minimum atomic E-state index is -4.29. The first-order valence-corrected chi connectivity index (χ1v) is 13.9. The molecule has 1 aliphatic rings. The normalized spacial score (nSPS) is 13.9. The molecule has 10 nitrogen and oxygen atoms in total. The number of Topliss-reactive ketones (excluding diaryl/α,β-unsaturated/α-hetero) is 1. The van der Waals surface area contributed by atoms with Gasteiger partial charge in [-0.05, 0) is 69.3 Å². The second-order valence-corrected chi connectivity index (χ2v) is 12.3. The SMILES string of the molecule is Cc1cc2c(cc1C(CC(=O)OC(C)(C)C)C(=O)c1sccc1S(=O)(=O)Nc1onc(C)c1Cl)OCO2. The standard InChI is InChI=1S/C24H25ClN2O8S2/c1-12-8-16-17(33-11-32-16)9-14(12)15(10-19(28)34-24(3,4)5)21(29)22-18(6-7-36-22)37(30,31)27-23-20(25)13(2)26-35-23/h6-9,15,27H,10-11H2,1-5H3. The lowest BCUT2D eigenvalue weighted by Crippen LogP contribution is -2.27. The molecule has 0 fully saturated rings. The van der Waals surface area contributed by atoms with Gasteiger partial charge in [0.2, 0.25) is 6.79 Å². The molecule has 0 aliphatic carbocycles. The highest BCUT2D eigenvalue weighted by molar-refractivity contribution is 7.93. The monoisotopic (exact) mass is 568 g/mol. The van der Waals surface area contributed by atoms with Crippen LogP contribution in [0.4, 0.5) is 5.88 Å². The van der Waals surface area contributed by atoms with E-state index < -0.39 is 33.3 Å². The zero-order valence-electron chi connectivity index (χ0n) is 20.7. The van der Waals surface area contributed by atoms with Gasteiger partial charge in [0.25, 0.3) is 15.9 Å². The van der Waals surface area contributed by atoms with Gasteiger partial charge in [-0.25, -0.2) is 13.1 Å². The molecule has 37 heavy (non-hydrogen) atoms. The fourth-order valence-corrected chi connectivity index (χ4v) is 6.37. The third kappa shape index (κ3) is 5.76. The molecule has 2 aromatic heterocycles. The molecule has 0 bridgehead atoms. The Kier molecular flexibility index (Phi) is 7.28. The number of ketones is 1. The number of nitrogens with zero attached hydrogens (tertiary/aromatic N) is 1. The maximum atomic E-state index is 13.9. The number of benzene rings is 1. The molecular formula is C24H25ClN2O8S2. The number of aryl methyl sites for hydroxylation is 2. The number of fused-ring (bicyclic) bond motifs is 1. The average Bonchev–Trinajstić information content (AvgIpc) is 3.52. The first kappa shape index (κ1) is 27.0. The maximum Gasteiger partial charge on any atom is 0.307 e. The minimum absolute atomic E-state index is 0.00506. The van der Waals surface area contributed by atoms with Gasteiger partial charge in [-0.3, -0.25) is 9.59 Å². The highest BCUT2D eigenvalue weighted by Crippen LogP contribution is 2.40. The summed E-state index contributed by atoms with van der Waals surface area (Å²) < 4.78 is 50.0. The summed E-state index contributed by atoms with van der Waals surface area (Å²) in [5, 5.41) is 5.12. The van der Waals surface area contributed by atoms with Crippen LogP contribution < -0.4 is 14.2 Å². The number of hydrogen-bond donors (Lipinski definition) is 1. The lowest BCUT2D eigenvalue weighted by Gasteiger charge is -2.23. The number of sulfonamides is 1. The number of carbonyl (C=O) groups is 2. The fourth-order valence-electron chi connectivity index (χ4n) is 3.77. The Hall–Kier alpha value is -3.09. The van der Waals surface area contributed by atoms with Crippen LogP contribution in [0.25, 0.3) is 0 Å². The first-order valence-electron chi connectivity index (χ1n) is 11.1. The van der Waals surface area contributed by atoms with Crippen molar-refractivity contribution < 1.29 is 36.7 Å². The topological polar surface area (TPSA) is 134 Å². The van der Waals surface area contributed by atoms with Crippen molar-refractivity contribution in [2.75, 3.05) is 11.5 Å². The summed E-state index contributed by atoms with van der Waals surface area (Å²) in [4.78, 5) is 26.4. The van der Waals surface area contributed by atoms with Crippen LogP contribution in [0.5, 0.6) is 11.5 Å². The van der Waals surface area contributed by atoms with Crippen molar-refractivity contribution >= 4 is 50.6 Å². The van der Waals surface area contributed by atoms with Crippen molar-refractivity contribution in [2.45, 2.75) is 57.5 Å². The molecule has 3 heterocycles. The molecule has 1 atom stereocenters. The van der Waals surface area contributed by atoms with Crippen LogP contribution in [0.3, 0.4) is 0 Å². The number of carbonyl (C=O) groups excluding carboxylic acids is 2. The van der Waals surface area contributed by atoms with E-state index in [4.69, 9.17) is 30.3 Å². The Morgan fingerprint density at radius 1 is 1.22 bits per heavy atom. The molecule has 0 saturated heterocycles. The number of halogens is 1. The summed E-state index contributed by atoms with van der Waals surface area (Å²) in [7, 11) is -4.29. The van der Waals surface area contributed by atoms with Crippen LogP contribution in [-0.2, 0) is 19.6 Å². The number of aromatic nitrogens is 1. The summed E-state index contributed by atoms with van der Waals surface area (Å²) in [6, 6.07) is 4.66. The van der Waals surface area contributed by atoms with Gasteiger partial charge in [-0.15, -0.1) is 11.3 Å². The zero-order chi connectivity index (χ0) is 27.1. The van der Waals surface area contributed by atoms with E-state index in [1.54, 1.807) is 46.8 Å². The molecule has 198 valence electrons. The summed E-state index contributed by atoms with van der Waals surface area (Å²) in [6.45, 7) is 8.52. The van der Waals surface area contributed by atoms with E-state index in [9.17, 15) is 18.0 Å². The number of esters is 1. The van der Waals surface area contributed by atoms with Gasteiger partial charge in [-0.2, -0.15) is 0 Å². The number of ether oxygens (including phenoxy) is 3. The molecule has 0 amide bonds. The van der Waals surface area contributed by atoms with Crippen LogP contribution >= 0.6 is 22.9 Å². The summed E-state index contributed by atoms with van der Waals surface area (Å²) in [5.74, 6) is -1.53. The lowest BCUT2D eigenvalue weighted by atomic mass is 9.87. The molecule has 0 radical (unpaired) electrons.